The van der Waals surface area contributed by atoms with E-state index in [9.17, 15) is 19.8 Å². The third-order valence-electron chi connectivity index (χ3n) is 3.68. The van der Waals surface area contributed by atoms with Crippen LogP contribution in [0.2, 0.25) is 0 Å². The summed E-state index contributed by atoms with van der Waals surface area (Å²) in [5.41, 5.74) is 1.33. The standard InChI is InChI=1S/C21H20O6.Au/c1-26-20-11-14(5-9-18(20)24)3-7-16(22)13-17(23)8-4-15-6-10-19(25)21(12-15)27-2;/h3-12,24-25H,13H2,1-2H3;/b7-3+,8-4+;. The fraction of sp³-hybridized carbons (Fsp3) is 0.143. The Morgan fingerprint density at radius 3 is 1.57 bits per heavy atom. The van der Waals surface area contributed by atoms with Crippen molar-refractivity contribution in [1.82, 2.24) is 0 Å². The Balaban J connectivity index is 0.00000392. The van der Waals surface area contributed by atoms with E-state index in [4.69, 9.17) is 9.47 Å². The number of ketones is 2. The molecule has 0 saturated carbocycles. The van der Waals surface area contributed by atoms with Crippen molar-refractivity contribution in [2.24, 2.45) is 0 Å². The summed E-state index contributed by atoms with van der Waals surface area (Å²) in [6, 6.07) is 9.34. The quantitative estimate of drug-likeness (QED) is 0.290. The number of hydrogen-bond donors (Lipinski definition) is 2. The Labute approximate surface area is 178 Å². The molecule has 0 aromatic heterocycles. The first kappa shape index (κ1) is 23.2. The number of ether oxygens (including phenoxy) is 2. The molecule has 0 unspecified atom stereocenters. The molecular weight excluding hydrogens is 545 g/mol. The van der Waals surface area contributed by atoms with Crippen LogP contribution in [-0.4, -0.2) is 36.0 Å². The Morgan fingerprint density at radius 1 is 0.821 bits per heavy atom. The second-order valence-corrected chi connectivity index (χ2v) is 5.64. The number of carbonyl (C=O) groups is 2. The molecule has 6 nitrogen and oxygen atoms in total. The average molecular weight is 565 g/mol. The Kier molecular flexibility index (Phi) is 9.24. The molecule has 7 heteroatoms. The van der Waals surface area contributed by atoms with Crippen molar-refractivity contribution in [2.75, 3.05) is 14.2 Å². The van der Waals surface area contributed by atoms with Crippen LogP contribution in [-0.2, 0) is 32.0 Å². The molecule has 0 fully saturated rings. The third-order valence-corrected chi connectivity index (χ3v) is 3.68. The predicted octanol–water partition coefficient (Wildman–Crippen LogP) is 3.37. The van der Waals surface area contributed by atoms with Gasteiger partial charge in [-0.3, -0.25) is 9.59 Å². The van der Waals surface area contributed by atoms with Crippen LogP contribution in [0.15, 0.2) is 48.6 Å². The van der Waals surface area contributed by atoms with E-state index in [0.717, 1.165) is 0 Å². The largest absolute Gasteiger partial charge is 0.504 e. The maximum atomic E-state index is 11.9. The van der Waals surface area contributed by atoms with E-state index in [1.54, 1.807) is 36.4 Å². The summed E-state index contributed by atoms with van der Waals surface area (Å²) in [5.74, 6) is -0.0832. The van der Waals surface area contributed by atoms with Crippen LogP contribution in [0.3, 0.4) is 0 Å². The second kappa shape index (κ2) is 11.1. The van der Waals surface area contributed by atoms with Crippen molar-refractivity contribution in [3.8, 4) is 23.0 Å². The van der Waals surface area contributed by atoms with Crippen molar-refractivity contribution < 1.29 is 51.7 Å². The van der Waals surface area contributed by atoms with E-state index >= 15 is 0 Å². The number of benzene rings is 2. The summed E-state index contributed by atoms with van der Waals surface area (Å²) in [6.45, 7) is 0. The van der Waals surface area contributed by atoms with Gasteiger partial charge in [-0.1, -0.05) is 24.3 Å². The van der Waals surface area contributed by atoms with Crippen LogP contribution in [0.5, 0.6) is 23.0 Å². The second-order valence-electron chi connectivity index (χ2n) is 5.64. The molecule has 0 heterocycles. The number of aromatic hydroxyl groups is 2. The monoisotopic (exact) mass is 565 g/mol. The van der Waals surface area contributed by atoms with E-state index in [1.807, 2.05) is 0 Å². The summed E-state index contributed by atoms with van der Waals surface area (Å²) >= 11 is 0. The molecule has 2 N–H and O–H groups in total. The molecule has 0 aliphatic heterocycles. The van der Waals surface area contributed by atoms with Gasteiger partial charge in [0.1, 0.15) is 0 Å². The summed E-state index contributed by atoms with van der Waals surface area (Å²) in [5, 5.41) is 19.1. The van der Waals surface area contributed by atoms with Gasteiger partial charge in [-0.15, -0.1) is 0 Å². The van der Waals surface area contributed by atoms with E-state index < -0.39 is 0 Å². The van der Waals surface area contributed by atoms with Gasteiger partial charge in [-0.25, -0.2) is 0 Å². The molecule has 0 aliphatic carbocycles. The molecule has 0 atom stereocenters. The number of phenols is 2. The van der Waals surface area contributed by atoms with Crippen molar-refractivity contribution >= 4 is 23.7 Å². The molecule has 0 bridgehead atoms. The number of carbonyl (C=O) groups excluding carboxylic acids is 2. The summed E-state index contributed by atoms with van der Waals surface area (Å²) in [4.78, 5) is 23.9. The molecule has 1 radical (unpaired) electrons. The third kappa shape index (κ3) is 6.74. The van der Waals surface area contributed by atoms with Crippen molar-refractivity contribution in [3.63, 3.8) is 0 Å². The zero-order valence-corrected chi connectivity index (χ0v) is 17.5. The Morgan fingerprint density at radius 2 is 1.21 bits per heavy atom. The van der Waals surface area contributed by atoms with Gasteiger partial charge in [-0.05, 0) is 47.5 Å². The molecule has 0 spiro atoms. The Bertz CT molecular complexity index is 828. The molecule has 151 valence electrons. The van der Waals surface area contributed by atoms with Crippen LogP contribution >= 0.6 is 0 Å². The molecule has 28 heavy (non-hydrogen) atoms. The molecule has 0 amide bonds. The minimum Gasteiger partial charge on any atom is -0.504 e. The zero-order valence-electron chi connectivity index (χ0n) is 15.3. The van der Waals surface area contributed by atoms with Crippen LogP contribution in [0, 0.1) is 0 Å². The zero-order chi connectivity index (χ0) is 19.8. The van der Waals surface area contributed by atoms with Crippen LogP contribution in [0.25, 0.3) is 12.2 Å². The normalized spacial score (nSPS) is 10.6. The summed E-state index contributed by atoms with van der Waals surface area (Å²) < 4.78 is 10.00. The van der Waals surface area contributed by atoms with Gasteiger partial charge in [0, 0.05) is 22.4 Å². The molecule has 2 aromatic rings. The minimum atomic E-state index is -0.347. The van der Waals surface area contributed by atoms with E-state index in [0.29, 0.717) is 22.6 Å². The maximum Gasteiger partial charge on any atom is 0.163 e. The van der Waals surface area contributed by atoms with Gasteiger partial charge in [0.05, 0.1) is 20.6 Å². The number of allylic oxidation sites excluding steroid dienone is 2. The van der Waals surface area contributed by atoms with Gasteiger partial charge >= 0.3 is 0 Å². The predicted molar refractivity (Wildman–Crippen MR) is 102 cm³/mol. The van der Waals surface area contributed by atoms with Gasteiger partial charge in [0.25, 0.3) is 0 Å². The van der Waals surface area contributed by atoms with Gasteiger partial charge < -0.3 is 19.7 Å². The summed E-state index contributed by atoms with van der Waals surface area (Å²) in [6.07, 6.45) is 5.44. The molecule has 2 aromatic carbocycles. The number of hydrogen-bond acceptors (Lipinski definition) is 6. The van der Waals surface area contributed by atoms with Gasteiger partial charge in [0.15, 0.2) is 34.6 Å². The first-order valence-electron chi connectivity index (χ1n) is 8.08. The number of phenolic OH excluding ortho intramolecular Hbond substituents is 2. The van der Waals surface area contributed by atoms with Crippen LogP contribution in [0.1, 0.15) is 17.5 Å². The molecule has 2 rings (SSSR count). The average Bonchev–Trinajstić information content (AvgIpc) is 2.66. The molecular formula is C21H20AuO6. The van der Waals surface area contributed by atoms with Gasteiger partial charge in [-0.2, -0.15) is 0 Å². The first-order valence-corrected chi connectivity index (χ1v) is 8.08. The summed E-state index contributed by atoms with van der Waals surface area (Å²) in [7, 11) is 2.87. The van der Waals surface area contributed by atoms with E-state index in [-0.39, 0.29) is 51.9 Å². The smallest absolute Gasteiger partial charge is 0.163 e. The topological polar surface area (TPSA) is 93.1 Å². The SMILES string of the molecule is COc1cc(/C=C/C(=O)CC(=O)/C=C/c2ccc(O)c(OC)c2)ccc1O.[Au]. The molecule has 0 saturated heterocycles. The van der Waals surface area contributed by atoms with Crippen molar-refractivity contribution in [2.45, 2.75) is 6.42 Å². The number of rotatable bonds is 8. The minimum absolute atomic E-state index is 0. The van der Waals surface area contributed by atoms with Crippen LogP contribution < -0.4 is 9.47 Å². The Hall–Kier alpha value is -2.80. The maximum absolute atomic E-state index is 11.9. The van der Waals surface area contributed by atoms with Gasteiger partial charge in [0.2, 0.25) is 0 Å². The molecule has 0 aliphatic rings. The fourth-order valence-electron chi connectivity index (χ4n) is 2.26. The van der Waals surface area contributed by atoms with Crippen LogP contribution in [0.4, 0.5) is 0 Å². The number of methoxy groups -OCH3 is 2. The van der Waals surface area contributed by atoms with Crippen molar-refractivity contribution in [1.29, 1.82) is 0 Å². The first-order chi connectivity index (χ1) is 12.9. The van der Waals surface area contributed by atoms with E-state index in [1.165, 1.54) is 38.5 Å². The fourth-order valence-corrected chi connectivity index (χ4v) is 2.26. The van der Waals surface area contributed by atoms with E-state index in [2.05, 4.69) is 0 Å². The van der Waals surface area contributed by atoms with Crippen molar-refractivity contribution in [3.05, 3.63) is 59.7 Å².